The molecule has 1 aliphatic rings. The van der Waals surface area contributed by atoms with Crippen molar-refractivity contribution in [2.45, 2.75) is 26.8 Å². The number of carbonyl (C=O) groups excluding carboxylic acids is 1. The van der Waals surface area contributed by atoms with Gasteiger partial charge in [-0.15, -0.1) is 0 Å². The number of rotatable bonds is 9. The molecule has 1 heterocycles. The number of nitrogens with one attached hydrogen (secondary N) is 2. The van der Waals surface area contributed by atoms with Gasteiger partial charge in [0.1, 0.15) is 5.84 Å². The summed E-state index contributed by atoms with van der Waals surface area (Å²) in [6.07, 6.45) is 0.922. The van der Waals surface area contributed by atoms with Gasteiger partial charge < -0.3 is 20.3 Å². The molecule has 40 heavy (non-hydrogen) atoms. The number of fused-ring (bicyclic) bond motifs is 1. The molecule has 0 unspecified atom stereocenters. The molecule has 0 aliphatic carbocycles. The first kappa shape index (κ1) is 28.9. The summed E-state index contributed by atoms with van der Waals surface area (Å²) in [5.74, 6) is -1.05. The highest BCUT2D eigenvalue weighted by atomic mass is 32.2. The molecule has 1 fully saturated rings. The number of nitrogens with zero attached hydrogens (tertiary/aromatic N) is 3. The number of nitrogens with two attached hydrogens (primary N) is 1. The number of esters is 1. The Balaban J connectivity index is 1.64. The van der Waals surface area contributed by atoms with Crippen LogP contribution >= 0.6 is 0 Å². The number of anilines is 2. The van der Waals surface area contributed by atoms with Gasteiger partial charge in [0.05, 0.1) is 24.7 Å². The lowest BCUT2D eigenvalue weighted by atomic mass is 10.0. The molecular formula is C29H36N6O4S. The first-order chi connectivity index (χ1) is 19.1. The quantitative estimate of drug-likeness (QED) is 0.205. The Labute approximate surface area is 235 Å². The third-order valence-electron chi connectivity index (χ3n) is 6.96. The van der Waals surface area contributed by atoms with E-state index in [2.05, 4.69) is 9.80 Å². The maximum absolute atomic E-state index is 13.5. The van der Waals surface area contributed by atoms with Gasteiger partial charge >= 0.3 is 5.97 Å². The highest BCUT2D eigenvalue weighted by Gasteiger charge is 2.27. The molecule has 4 N–H and O–H groups in total. The number of benzene rings is 3. The van der Waals surface area contributed by atoms with Crippen LogP contribution in [0.2, 0.25) is 0 Å². The van der Waals surface area contributed by atoms with Gasteiger partial charge in [0.25, 0.3) is 0 Å². The predicted octanol–water partition coefficient (Wildman–Crippen LogP) is 3.53. The topological polar surface area (TPSA) is 144 Å². The van der Waals surface area contributed by atoms with Crippen molar-refractivity contribution in [3.63, 3.8) is 0 Å². The molecule has 0 spiro atoms. The maximum atomic E-state index is 13.5. The Bertz CT molecular complexity index is 1510. The third-order valence-corrected chi connectivity index (χ3v) is 8.57. The molecule has 1 saturated heterocycles. The summed E-state index contributed by atoms with van der Waals surface area (Å²) in [4.78, 5) is 16.5. The summed E-state index contributed by atoms with van der Waals surface area (Å²) >= 11 is 0. The van der Waals surface area contributed by atoms with Gasteiger partial charge in [0.2, 0.25) is 10.0 Å². The molecule has 0 atom stereocenters. The van der Waals surface area contributed by atoms with Crippen LogP contribution in [-0.2, 0) is 26.1 Å². The minimum Gasteiger partial charge on any atom is -0.465 e. The summed E-state index contributed by atoms with van der Waals surface area (Å²) < 4.78 is 33.2. The smallest absolute Gasteiger partial charge is 0.323 e. The molecule has 0 aromatic heterocycles. The minimum atomic E-state index is -4.07. The van der Waals surface area contributed by atoms with Crippen molar-refractivity contribution in [2.24, 2.45) is 5.73 Å². The molecule has 11 heteroatoms. The van der Waals surface area contributed by atoms with Crippen molar-refractivity contribution in [3.8, 4) is 0 Å². The largest absolute Gasteiger partial charge is 0.465 e. The Morgan fingerprint density at radius 2 is 1.70 bits per heavy atom. The summed E-state index contributed by atoms with van der Waals surface area (Å²) in [5, 5.41) is 17.4. The highest BCUT2D eigenvalue weighted by Crippen LogP contribution is 2.27. The lowest BCUT2D eigenvalue weighted by Gasteiger charge is -2.27. The lowest BCUT2D eigenvalue weighted by molar-refractivity contribution is -0.139. The molecule has 0 bridgehead atoms. The van der Waals surface area contributed by atoms with E-state index < -0.39 is 21.7 Å². The van der Waals surface area contributed by atoms with Crippen molar-refractivity contribution in [1.82, 2.24) is 4.90 Å². The normalized spacial score (nSPS) is 14.1. The molecule has 10 nitrogen and oxygen atoms in total. The van der Waals surface area contributed by atoms with Crippen LogP contribution in [0.4, 0.5) is 11.4 Å². The predicted molar refractivity (Wildman–Crippen MR) is 160 cm³/mol. The van der Waals surface area contributed by atoms with Crippen LogP contribution in [0.15, 0.2) is 60.7 Å². The van der Waals surface area contributed by atoms with E-state index in [4.69, 9.17) is 21.3 Å². The zero-order valence-electron chi connectivity index (χ0n) is 22.9. The SMILES string of the molecule is CCOC(=O)CS(=O)(=O)N(Cc1ccc2ccc(C(=N)N)cc2c1)c1ccc(N2CCCN(C(C)=N)CC2)cc1. The van der Waals surface area contributed by atoms with Crippen LogP contribution in [0.25, 0.3) is 10.8 Å². The van der Waals surface area contributed by atoms with E-state index in [0.717, 1.165) is 54.6 Å². The van der Waals surface area contributed by atoms with Gasteiger partial charge in [-0.25, -0.2) is 8.42 Å². The van der Waals surface area contributed by atoms with Crippen LogP contribution in [0.1, 0.15) is 31.4 Å². The number of sulfonamides is 1. The molecule has 0 saturated carbocycles. The highest BCUT2D eigenvalue weighted by molar-refractivity contribution is 7.93. The van der Waals surface area contributed by atoms with Crippen molar-refractivity contribution in [1.29, 1.82) is 10.8 Å². The van der Waals surface area contributed by atoms with E-state index in [1.165, 1.54) is 4.31 Å². The minimum absolute atomic E-state index is 0.0125. The van der Waals surface area contributed by atoms with Gasteiger partial charge in [-0.05, 0) is 73.0 Å². The van der Waals surface area contributed by atoms with E-state index in [0.29, 0.717) is 17.1 Å². The van der Waals surface area contributed by atoms with Gasteiger partial charge in [-0.3, -0.25) is 19.9 Å². The van der Waals surface area contributed by atoms with Gasteiger partial charge in [-0.2, -0.15) is 0 Å². The zero-order valence-corrected chi connectivity index (χ0v) is 23.7. The molecular weight excluding hydrogens is 528 g/mol. The first-order valence-corrected chi connectivity index (χ1v) is 14.9. The van der Waals surface area contributed by atoms with Gasteiger partial charge in [0, 0.05) is 37.4 Å². The second-order valence-corrected chi connectivity index (χ2v) is 11.7. The zero-order chi connectivity index (χ0) is 28.9. The van der Waals surface area contributed by atoms with Crippen LogP contribution < -0.4 is 14.9 Å². The number of hydrogen-bond donors (Lipinski definition) is 3. The fourth-order valence-corrected chi connectivity index (χ4v) is 6.17. The Kier molecular flexibility index (Phi) is 8.93. The molecule has 1 aliphatic heterocycles. The van der Waals surface area contributed by atoms with Crippen LogP contribution in [0.3, 0.4) is 0 Å². The number of hydrogen-bond acceptors (Lipinski definition) is 7. The second-order valence-electron chi connectivity index (χ2n) is 9.81. The lowest BCUT2D eigenvalue weighted by Crippen LogP contribution is -2.36. The average Bonchev–Trinajstić information content (AvgIpc) is 3.18. The van der Waals surface area contributed by atoms with E-state index in [1.807, 2.05) is 36.4 Å². The van der Waals surface area contributed by atoms with Crippen molar-refractivity contribution in [3.05, 3.63) is 71.8 Å². The van der Waals surface area contributed by atoms with Gasteiger partial charge in [-0.1, -0.05) is 24.3 Å². The van der Waals surface area contributed by atoms with Crippen LogP contribution in [0.5, 0.6) is 0 Å². The maximum Gasteiger partial charge on any atom is 0.323 e. The van der Waals surface area contributed by atoms with Crippen molar-refractivity contribution in [2.75, 3.05) is 47.7 Å². The first-order valence-electron chi connectivity index (χ1n) is 13.3. The fraction of sp³-hybridized carbons (Fsp3) is 0.345. The summed E-state index contributed by atoms with van der Waals surface area (Å²) in [7, 11) is -4.07. The van der Waals surface area contributed by atoms with Crippen molar-refractivity contribution < 1.29 is 17.9 Å². The average molecular weight is 565 g/mol. The number of nitrogen functional groups attached to an aromatic ring is 1. The Hall–Kier alpha value is -4.12. The molecule has 3 aromatic rings. The molecule has 0 amide bonds. The summed E-state index contributed by atoms with van der Waals surface area (Å²) in [6.45, 7) is 6.74. The summed E-state index contributed by atoms with van der Waals surface area (Å²) in [6, 6.07) is 18.4. The molecule has 212 valence electrons. The van der Waals surface area contributed by atoms with E-state index in [9.17, 15) is 13.2 Å². The van der Waals surface area contributed by atoms with Crippen molar-refractivity contribution >= 4 is 49.8 Å². The number of ether oxygens (including phenoxy) is 1. The Morgan fingerprint density at radius 3 is 2.38 bits per heavy atom. The fourth-order valence-electron chi connectivity index (χ4n) is 4.85. The van der Waals surface area contributed by atoms with Crippen LogP contribution in [0, 0.1) is 10.8 Å². The molecule has 0 radical (unpaired) electrons. The van der Waals surface area contributed by atoms with E-state index in [-0.39, 0.29) is 19.0 Å². The monoisotopic (exact) mass is 564 g/mol. The standard InChI is InChI=1S/C29H36N6O4S/c1-3-39-28(36)20-40(37,38)35(19-22-5-6-23-7-8-24(29(31)32)18-25(23)17-22)27-11-9-26(10-12-27)34-14-4-13-33(15-16-34)21(2)30/h5-12,17-18,30H,3-4,13-16,19-20H2,1-2H3,(H3,31,32). The summed E-state index contributed by atoms with van der Waals surface area (Å²) in [5.41, 5.74) is 8.38. The van der Waals surface area contributed by atoms with E-state index in [1.54, 1.807) is 38.1 Å². The molecule has 4 rings (SSSR count). The Morgan fingerprint density at radius 1 is 0.975 bits per heavy atom. The van der Waals surface area contributed by atoms with Gasteiger partial charge in [0.15, 0.2) is 5.75 Å². The number of amidine groups is 2. The molecule has 3 aromatic carbocycles. The third kappa shape index (κ3) is 6.90. The van der Waals surface area contributed by atoms with E-state index >= 15 is 0 Å². The second kappa shape index (κ2) is 12.4. The van der Waals surface area contributed by atoms with Crippen LogP contribution in [-0.4, -0.2) is 69.5 Å². The number of carbonyl (C=O) groups is 1.